The largest absolute Gasteiger partial charge is 0.384 e. The Morgan fingerprint density at radius 2 is 2.25 bits per heavy atom. The third kappa shape index (κ3) is 3.40. The Balaban J connectivity index is 3.75. The van der Waals surface area contributed by atoms with Crippen LogP contribution in [0.1, 0.15) is 20.3 Å². The van der Waals surface area contributed by atoms with E-state index in [1.807, 2.05) is 13.8 Å². The zero-order valence-electron chi connectivity index (χ0n) is 5.36. The van der Waals surface area contributed by atoms with Gasteiger partial charge < -0.3 is 5.73 Å². The van der Waals surface area contributed by atoms with Gasteiger partial charge in [0.05, 0.1) is 0 Å². The molecule has 0 aromatic heterocycles. The van der Waals surface area contributed by atoms with Crippen LogP contribution >= 0.6 is 0 Å². The second-order valence-electron chi connectivity index (χ2n) is 1.80. The predicted molar refractivity (Wildman–Crippen MR) is 36.0 cm³/mol. The van der Waals surface area contributed by atoms with Gasteiger partial charge in [0.15, 0.2) is 0 Å². The van der Waals surface area contributed by atoms with Gasteiger partial charge in [-0.3, -0.25) is 5.41 Å². The fourth-order valence-corrected chi connectivity index (χ4v) is 0.368. The Morgan fingerprint density at radius 3 is 2.38 bits per heavy atom. The van der Waals surface area contributed by atoms with Gasteiger partial charge in [-0.15, -0.1) is 0 Å². The number of amidine groups is 1. The predicted octanol–water partition coefficient (Wildman–Crippen LogP) is 1.28. The molecule has 0 heterocycles. The van der Waals surface area contributed by atoms with Crippen LogP contribution in [-0.4, -0.2) is 5.84 Å². The quantitative estimate of drug-likeness (QED) is 0.410. The Bertz CT molecular complexity index is 114. The highest BCUT2D eigenvalue weighted by Gasteiger charge is 1.82. The van der Waals surface area contributed by atoms with E-state index in [0.29, 0.717) is 0 Å². The van der Waals surface area contributed by atoms with E-state index >= 15 is 0 Å². The molecule has 2 heteroatoms. The minimum atomic E-state index is 0.143. The highest BCUT2D eigenvalue weighted by Crippen LogP contribution is 1.95. The van der Waals surface area contributed by atoms with Crippen molar-refractivity contribution < 1.29 is 0 Å². The molecule has 0 rings (SSSR count). The van der Waals surface area contributed by atoms with Crippen molar-refractivity contribution in [2.24, 2.45) is 5.73 Å². The third-order valence-electron chi connectivity index (χ3n) is 0.960. The number of hydrogen-bond donors (Lipinski definition) is 2. The van der Waals surface area contributed by atoms with Crippen LogP contribution in [0.4, 0.5) is 0 Å². The van der Waals surface area contributed by atoms with Gasteiger partial charge in [-0.1, -0.05) is 12.5 Å². The van der Waals surface area contributed by atoms with Gasteiger partial charge in [-0.05, 0) is 19.4 Å². The summed E-state index contributed by atoms with van der Waals surface area (Å²) in [5.41, 5.74) is 6.23. The van der Waals surface area contributed by atoms with Crippen LogP contribution < -0.4 is 5.73 Å². The topological polar surface area (TPSA) is 49.9 Å². The van der Waals surface area contributed by atoms with E-state index in [0.717, 1.165) is 12.0 Å². The van der Waals surface area contributed by atoms with Gasteiger partial charge in [-0.2, -0.15) is 0 Å². The lowest BCUT2D eigenvalue weighted by atomic mass is 10.2. The summed E-state index contributed by atoms with van der Waals surface area (Å²) in [5.74, 6) is 0.143. The van der Waals surface area contributed by atoms with Crippen LogP contribution in [0.3, 0.4) is 0 Å². The van der Waals surface area contributed by atoms with E-state index in [2.05, 4.69) is 0 Å². The van der Waals surface area contributed by atoms with E-state index in [1.165, 1.54) is 0 Å². The lowest BCUT2D eigenvalue weighted by Gasteiger charge is -1.90. The maximum atomic E-state index is 6.83. The van der Waals surface area contributed by atoms with E-state index < -0.39 is 0 Å². The number of hydrogen-bond acceptors (Lipinski definition) is 1. The van der Waals surface area contributed by atoms with Gasteiger partial charge in [0.1, 0.15) is 5.84 Å². The van der Waals surface area contributed by atoms with Crippen LogP contribution in [0.25, 0.3) is 0 Å². The molecule has 0 saturated carbocycles. The molecule has 0 aliphatic carbocycles. The highest BCUT2D eigenvalue weighted by molar-refractivity contribution is 5.89. The van der Waals surface area contributed by atoms with Gasteiger partial charge in [0, 0.05) is 0 Å². The molecule has 0 spiro atoms. The van der Waals surface area contributed by atoms with Crippen LogP contribution in [0.2, 0.25) is 0 Å². The molecule has 0 fully saturated rings. The summed E-state index contributed by atoms with van der Waals surface area (Å²) >= 11 is 0. The molecule has 0 aliphatic rings. The maximum Gasteiger partial charge on any atom is 0.115 e. The van der Waals surface area contributed by atoms with Crippen LogP contribution in [0.15, 0.2) is 11.6 Å². The molecule has 0 atom stereocenters. The lowest BCUT2D eigenvalue weighted by molar-refractivity contribution is 1.10. The molecule has 0 saturated heterocycles. The first kappa shape index (κ1) is 7.21. The molecule has 3 N–H and O–H groups in total. The number of nitrogens with one attached hydrogen (secondary N) is 1. The van der Waals surface area contributed by atoms with Gasteiger partial charge in [-0.25, -0.2) is 0 Å². The van der Waals surface area contributed by atoms with Gasteiger partial charge in [0.25, 0.3) is 0 Å². The molecule has 0 radical (unpaired) electrons. The molecular formula is C6H12N2. The first-order valence-electron chi connectivity index (χ1n) is 2.68. The average molecular weight is 112 g/mol. The fourth-order valence-electron chi connectivity index (χ4n) is 0.368. The average Bonchev–Trinajstić information content (AvgIpc) is 1.65. The molecule has 0 aromatic rings. The second kappa shape index (κ2) is 3.24. The Kier molecular flexibility index (Phi) is 2.92. The Hall–Kier alpha value is -0.790. The number of allylic oxidation sites excluding steroid dienone is 1. The zero-order valence-corrected chi connectivity index (χ0v) is 5.36. The molecular weight excluding hydrogens is 100 g/mol. The smallest absolute Gasteiger partial charge is 0.115 e. The highest BCUT2D eigenvalue weighted by atomic mass is 14.7. The summed E-state index contributed by atoms with van der Waals surface area (Å²) in [5, 5.41) is 6.83. The van der Waals surface area contributed by atoms with Gasteiger partial charge in [0.2, 0.25) is 0 Å². The zero-order chi connectivity index (χ0) is 6.57. The maximum absolute atomic E-state index is 6.83. The minimum Gasteiger partial charge on any atom is -0.384 e. The normalized spacial score (nSPS) is 11.5. The van der Waals surface area contributed by atoms with Crippen molar-refractivity contribution in [3.63, 3.8) is 0 Å². The van der Waals surface area contributed by atoms with E-state index in [1.54, 1.807) is 6.08 Å². The summed E-state index contributed by atoms with van der Waals surface area (Å²) in [6.45, 7) is 4.00. The van der Waals surface area contributed by atoms with Crippen molar-refractivity contribution in [2.45, 2.75) is 20.3 Å². The van der Waals surface area contributed by atoms with Crippen molar-refractivity contribution >= 4 is 5.84 Å². The molecule has 0 unspecified atom stereocenters. The molecule has 0 bridgehead atoms. The van der Waals surface area contributed by atoms with E-state index in [4.69, 9.17) is 11.1 Å². The van der Waals surface area contributed by atoms with Crippen LogP contribution in [-0.2, 0) is 0 Å². The SMILES string of the molecule is CC/C(C)=C/C(=N)N. The Labute approximate surface area is 49.9 Å². The van der Waals surface area contributed by atoms with Crippen LogP contribution in [0, 0.1) is 5.41 Å². The van der Waals surface area contributed by atoms with Crippen molar-refractivity contribution in [3.05, 3.63) is 11.6 Å². The third-order valence-corrected chi connectivity index (χ3v) is 0.960. The molecule has 0 aliphatic heterocycles. The summed E-state index contributed by atoms with van der Waals surface area (Å²) < 4.78 is 0. The summed E-state index contributed by atoms with van der Waals surface area (Å²) in [6.07, 6.45) is 2.64. The molecule has 0 amide bonds. The molecule has 46 valence electrons. The second-order valence-corrected chi connectivity index (χ2v) is 1.80. The first-order valence-corrected chi connectivity index (χ1v) is 2.68. The van der Waals surface area contributed by atoms with Crippen molar-refractivity contribution in [3.8, 4) is 0 Å². The summed E-state index contributed by atoms with van der Waals surface area (Å²) in [7, 11) is 0. The van der Waals surface area contributed by atoms with Crippen LogP contribution in [0.5, 0.6) is 0 Å². The molecule has 8 heavy (non-hydrogen) atoms. The minimum absolute atomic E-state index is 0.143. The molecule has 0 aromatic carbocycles. The first-order chi connectivity index (χ1) is 3.66. The number of rotatable bonds is 2. The summed E-state index contributed by atoms with van der Waals surface area (Å²) in [4.78, 5) is 0. The fraction of sp³-hybridized carbons (Fsp3) is 0.500. The van der Waals surface area contributed by atoms with Gasteiger partial charge >= 0.3 is 0 Å². The van der Waals surface area contributed by atoms with Crippen molar-refractivity contribution in [2.75, 3.05) is 0 Å². The van der Waals surface area contributed by atoms with Crippen molar-refractivity contribution in [1.82, 2.24) is 0 Å². The monoisotopic (exact) mass is 112 g/mol. The van der Waals surface area contributed by atoms with E-state index in [9.17, 15) is 0 Å². The lowest BCUT2D eigenvalue weighted by Crippen LogP contribution is -2.05. The Morgan fingerprint density at radius 1 is 1.75 bits per heavy atom. The summed E-state index contributed by atoms with van der Waals surface area (Å²) in [6, 6.07) is 0. The van der Waals surface area contributed by atoms with E-state index in [-0.39, 0.29) is 5.84 Å². The standard InChI is InChI=1S/C6H12N2/c1-3-5(2)4-6(7)8/h4H,3H2,1-2H3,(H3,7,8)/b5-4+. The molecule has 2 nitrogen and oxygen atoms in total. The van der Waals surface area contributed by atoms with Crippen molar-refractivity contribution in [1.29, 1.82) is 5.41 Å². The number of nitrogens with two attached hydrogens (primary N) is 1.